The Morgan fingerprint density at radius 1 is 1.17 bits per heavy atom. The Balaban J connectivity index is 0.00000288. The van der Waals surface area contributed by atoms with Crippen LogP contribution >= 0.6 is 0 Å². The SMILES string of the molecule is CCC(=O)Nc1ccc(NCc2ccc(C(C)C)cc2)[nH+]c1N.[Cl-]. The molecule has 0 aliphatic heterocycles. The lowest BCUT2D eigenvalue weighted by Gasteiger charge is -2.08. The van der Waals surface area contributed by atoms with Crippen LogP contribution in [0.25, 0.3) is 0 Å². The molecule has 1 amide bonds. The normalized spacial score (nSPS) is 10.2. The lowest BCUT2D eigenvalue weighted by Crippen LogP contribution is -3.00. The van der Waals surface area contributed by atoms with Gasteiger partial charge in [-0.25, -0.2) is 4.98 Å². The maximum atomic E-state index is 11.4. The molecule has 1 heterocycles. The summed E-state index contributed by atoms with van der Waals surface area (Å²) in [6, 6.07) is 12.2. The van der Waals surface area contributed by atoms with Crippen molar-refractivity contribution in [2.24, 2.45) is 0 Å². The largest absolute Gasteiger partial charge is 1.00 e. The van der Waals surface area contributed by atoms with Crippen molar-refractivity contribution in [3.8, 4) is 0 Å². The van der Waals surface area contributed by atoms with Gasteiger partial charge in [-0.1, -0.05) is 45.0 Å². The summed E-state index contributed by atoms with van der Waals surface area (Å²) in [5, 5.41) is 6.05. The van der Waals surface area contributed by atoms with Crippen LogP contribution in [0.2, 0.25) is 0 Å². The number of carbonyl (C=O) groups excluding carboxylic acids is 1. The highest BCUT2D eigenvalue weighted by atomic mass is 35.5. The van der Waals surface area contributed by atoms with Crippen molar-refractivity contribution in [1.82, 2.24) is 0 Å². The smallest absolute Gasteiger partial charge is 0.241 e. The Bertz CT molecular complexity index is 671. The van der Waals surface area contributed by atoms with Crippen molar-refractivity contribution in [2.75, 3.05) is 16.4 Å². The first kappa shape index (κ1) is 19.8. The van der Waals surface area contributed by atoms with Gasteiger partial charge in [0.2, 0.25) is 17.5 Å². The van der Waals surface area contributed by atoms with Crippen molar-refractivity contribution < 1.29 is 22.2 Å². The quantitative estimate of drug-likeness (QED) is 0.696. The number of nitrogens with one attached hydrogen (secondary N) is 3. The number of aromatic nitrogens is 1. The van der Waals surface area contributed by atoms with Crippen LogP contribution in [0.5, 0.6) is 0 Å². The Morgan fingerprint density at radius 3 is 2.38 bits per heavy atom. The molecule has 0 spiro atoms. The van der Waals surface area contributed by atoms with Crippen molar-refractivity contribution in [3.05, 3.63) is 47.5 Å². The Kier molecular flexibility index (Phi) is 7.52. The number of hydrogen-bond donors (Lipinski definition) is 3. The number of nitrogen functional groups attached to an aromatic ring is 1. The van der Waals surface area contributed by atoms with E-state index in [1.54, 1.807) is 13.0 Å². The average Bonchev–Trinajstić information content (AvgIpc) is 2.55. The molecule has 0 saturated carbocycles. The molecule has 6 heteroatoms. The first-order valence-electron chi connectivity index (χ1n) is 7.94. The lowest BCUT2D eigenvalue weighted by molar-refractivity contribution is -0.342. The highest BCUT2D eigenvalue weighted by molar-refractivity contribution is 5.92. The zero-order valence-corrected chi connectivity index (χ0v) is 15.1. The van der Waals surface area contributed by atoms with Gasteiger partial charge in [0.25, 0.3) is 0 Å². The molecule has 1 aromatic carbocycles. The minimum atomic E-state index is -0.0592. The summed E-state index contributed by atoms with van der Waals surface area (Å²) in [7, 11) is 0. The van der Waals surface area contributed by atoms with E-state index in [4.69, 9.17) is 5.73 Å². The predicted octanol–water partition coefficient (Wildman–Crippen LogP) is 0.171. The van der Waals surface area contributed by atoms with Crippen LogP contribution in [0.4, 0.5) is 17.3 Å². The minimum Gasteiger partial charge on any atom is -1.00 e. The van der Waals surface area contributed by atoms with E-state index in [-0.39, 0.29) is 18.3 Å². The van der Waals surface area contributed by atoms with Crippen LogP contribution in [0.3, 0.4) is 0 Å². The van der Waals surface area contributed by atoms with E-state index < -0.39 is 0 Å². The van der Waals surface area contributed by atoms with Gasteiger partial charge in [0.1, 0.15) is 5.69 Å². The third-order valence-corrected chi connectivity index (χ3v) is 3.70. The molecule has 2 aromatic rings. The molecule has 2 rings (SSSR count). The molecule has 0 radical (unpaired) electrons. The van der Waals surface area contributed by atoms with Crippen LogP contribution in [0, 0.1) is 0 Å². The average molecular weight is 349 g/mol. The standard InChI is InChI=1S/C18H24N4O.ClH/c1-4-17(23)21-15-9-10-16(22-18(15)19)20-11-13-5-7-14(8-6-13)12(2)3;/h5-10,12H,4,11H2,1-3H3,(H,21,23)(H3,19,20,22);1H. The zero-order chi connectivity index (χ0) is 16.8. The number of carbonyl (C=O) groups is 1. The fraction of sp³-hybridized carbons (Fsp3) is 0.333. The van der Waals surface area contributed by atoms with E-state index in [0.29, 0.717) is 30.4 Å². The number of halogens is 1. The van der Waals surface area contributed by atoms with E-state index in [1.165, 1.54) is 11.1 Å². The summed E-state index contributed by atoms with van der Waals surface area (Å²) < 4.78 is 0. The first-order chi connectivity index (χ1) is 11.0. The number of hydrogen-bond acceptors (Lipinski definition) is 3. The first-order valence-corrected chi connectivity index (χ1v) is 7.94. The molecule has 1 aromatic heterocycles. The molecule has 5 nitrogen and oxygen atoms in total. The number of H-pyrrole nitrogens is 1. The second kappa shape index (κ2) is 9.13. The maximum Gasteiger partial charge on any atom is 0.241 e. The molecule has 0 fully saturated rings. The van der Waals surface area contributed by atoms with E-state index >= 15 is 0 Å². The molecule has 0 unspecified atom stereocenters. The van der Waals surface area contributed by atoms with Crippen LogP contribution in [-0.2, 0) is 11.3 Å². The Hall–Kier alpha value is -2.27. The van der Waals surface area contributed by atoms with Gasteiger partial charge in [-0.2, -0.15) is 0 Å². The minimum absolute atomic E-state index is 0. The van der Waals surface area contributed by atoms with Crippen molar-refractivity contribution in [1.29, 1.82) is 0 Å². The number of nitrogens with two attached hydrogens (primary N) is 1. The third kappa shape index (κ3) is 5.42. The summed E-state index contributed by atoms with van der Waals surface area (Å²) in [5.74, 6) is 1.73. The van der Waals surface area contributed by atoms with Gasteiger partial charge >= 0.3 is 0 Å². The zero-order valence-electron chi connectivity index (χ0n) is 14.3. The fourth-order valence-corrected chi connectivity index (χ4v) is 2.18. The Labute approximate surface area is 149 Å². The van der Waals surface area contributed by atoms with Crippen LogP contribution in [-0.4, -0.2) is 5.91 Å². The van der Waals surface area contributed by atoms with E-state index in [1.807, 2.05) is 6.07 Å². The van der Waals surface area contributed by atoms with Crippen molar-refractivity contribution >= 4 is 23.2 Å². The molecule has 0 atom stereocenters. The number of benzene rings is 1. The molecular weight excluding hydrogens is 324 g/mol. The summed E-state index contributed by atoms with van der Waals surface area (Å²) in [5.41, 5.74) is 9.07. The van der Waals surface area contributed by atoms with Crippen LogP contribution in [0.1, 0.15) is 44.2 Å². The van der Waals surface area contributed by atoms with Crippen molar-refractivity contribution in [2.45, 2.75) is 39.7 Å². The summed E-state index contributed by atoms with van der Waals surface area (Å²) in [6.45, 7) is 6.87. The fourth-order valence-electron chi connectivity index (χ4n) is 2.18. The molecule has 130 valence electrons. The monoisotopic (exact) mass is 348 g/mol. The second-order valence-corrected chi connectivity index (χ2v) is 5.85. The summed E-state index contributed by atoms with van der Waals surface area (Å²) in [4.78, 5) is 14.5. The molecule has 0 bridgehead atoms. The number of pyridine rings is 1. The Morgan fingerprint density at radius 2 is 1.83 bits per heavy atom. The predicted molar refractivity (Wildman–Crippen MR) is 94.2 cm³/mol. The number of aromatic amines is 1. The maximum absolute atomic E-state index is 11.4. The number of anilines is 3. The van der Waals surface area contributed by atoms with Crippen LogP contribution in [0.15, 0.2) is 36.4 Å². The van der Waals surface area contributed by atoms with Crippen LogP contribution < -0.4 is 33.8 Å². The number of rotatable bonds is 6. The number of amides is 1. The molecule has 0 aliphatic carbocycles. The third-order valence-electron chi connectivity index (χ3n) is 3.70. The molecule has 5 N–H and O–H groups in total. The molecule has 0 saturated heterocycles. The summed E-state index contributed by atoms with van der Waals surface area (Å²) >= 11 is 0. The second-order valence-electron chi connectivity index (χ2n) is 5.85. The molecular formula is C18H25ClN4O. The van der Waals surface area contributed by atoms with Gasteiger partial charge in [-0.15, -0.1) is 0 Å². The van der Waals surface area contributed by atoms with E-state index in [0.717, 1.165) is 5.82 Å². The van der Waals surface area contributed by atoms with Crippen molar-refractivity contribution in [3.63, 3.8) is 0 Å². The highest BCUT2D eigenvalue weighted by Gasteiger charge is 2.09. The van der Waals surface area contributed by atoms with Gasteiger partial charge in [0.05, 0.1) is 6.54 Å². The van der Waals surface area contributed by atoms with Gasteiger partial charge in [0, 0.05) is 12.5 Å². The lowest BCUT2D eigenvalue weighted by atomic mass is 10.0. The van der Waals surface area contributed by atoms with Gasteiger partial charge in [-0.3, -0.25) is 4.79 Å². The van der Waals surface area contributed by atoms with Gasteiger partial charge in [-0.05, 0) is 23.1 Å². The summed E-state index contributed by atoms with van der Waals surface area (Å²) in [6.07, 6.45) is 0.422. The molecule has 24 heavy (non-hydrogen) atoms. The van der Waals surface area contributed by atoms with E-state index in [2.05, 4.69) is 53.7 Å². The van der Waals surface area contributed by atoms with E-state index in [9.17, 15) is 4.79 Å². The van der Waals surface area contributed by atoms with Gasteiger partial charge in [0.15, 0.2) is 0 Å². The molecule has 0 aliphatic rings. The topological polar surface area (TPSA) is 81.3 Å². The highest BCUT2D eigenvalue weighted by Crippen LogP contribution is 2.17. The van der Waals surface area contributed by atoms with Gasteiger partial charge < -0.3 is 28.8 Å².